The van der Waals surface area contributed by atoms with Crippen molar-refractivity contribution in [3.8, 4) is 0 Å². The van der Waals surface area contributed by atoms with Gasteiger partial charge in [-0.15, -0.1) is 0 Å². The molecule has 70 valence electrons. The standard InChI is InChI=1S/C10H10Cl2O/c11-8-2-1-3-9(12)10(8)7-4-6(7)5-13/h1-3,6-7,13H,4-5H2/t6-,7+/m0/s1. The Labute approximate surface area is 87.3 Å². The maximum absolute atomic E-state index is 8.93. The lowest BCUT2D eigenvalue weighted by Gasteiger charge is -2.04. The van der Waals surface area contributed by atoms with E-state index in [0.29, 0.717) is 21.9 Å². The highest BCUT2D eigenvalue weighted by Crippen LogP contribution is 2.51. The van der Waals surface area contributed by atoms with Crippen molar-refractivity contribution in [1.82, 2.24) is 0 Å². The van der Waals surface area contributed by atoms with Gasteiger partial charge in [-0.2, -0.15) is 0 Å². The predicted octanol–water partition coefficient (Wildman–Crippen LogP) is 3.09. The van der Waals surface area contributed by atoms with E-state index in [9.17, 15) is 0 Å². The Balaban J connectivity index is 2.30. The van der Waals surface area contributed by atoms with Gasteiger partial charge in [0.2, 0.25) is 0 Å². The van der Waals surface area contributed by atoms with Crippen LogP contribution in [0.1, 0.15) is 17.9 Å². The molecular weight excluding hydrogens is 207 g/mol. The number of benzene rings is 1. The minimum atomic E-state index is 0.228. The van der Waals surface area contributed by atoms with Gasteiger partial charge < -0.3 is 5.11 Å². The van der Waals surface area contributed by atoms with Crippen LogP contribution in [0.5, 0.6) is 0 Å². The third-order valence-corrected chi connectivity index (χ3v) is 3.19. The summed E-state index contributed by atoms with van der Waals surface area (Å²) in [5.74, 6) is 0.726. The van der Waals surface area contributed by atoms with Crippen molar-refractivity contribution in [3.63, 3.8) is 0 Å². The van der Waals surface area contributed by atoms with Crippen molar-refractivity contribution in [1.29, 1.82) is 0 Å². The van der Waals surface area contributed by atoms with Gasteiger partial charge in [0.25, 0.3) is 0 Å². The molecule has 0 heterocycles. The Bertz CT molecular complexity index is 304. The number of hydrogen-bond acceptors (Lipinski definition) is 1. The van der Waals surface area contributed by atoms with Gasteiger partial charge in [-0.1, -0.05) is 29.3 Å². The summed E-state index contributed by atoms with van der Waals surface area (Å²) in [6, 6.07) is 5.52. The maximum atomic E-state index is 8.93. The van der Waals surface area contributed by atoms with Crippen molar-refractivity contribution in [2.75, 3.05) is 6.61 Å². The summed E-state index contributed by atoms with van der Waals surface area (Å²) in [4.78, 5) is 0. The van der Waals surface area contributed by atoms with Crippen LogP contribution in [0.4, 0.5) is 0 Å². The van der Waals surface area contributed by atoms with E-state index in [1.807, 2.05) is 18.2 Å². The highest BCUT2D eigenvalue weighted by Gasteiger charge is 2.39. The summed E-state index contributed by atoms with van der Waals surface area (Å²) >= 11 is 12.0. The first-order chi connectivity index (χ1) is 6.24. The fraction of sp³-hybridized carbons (Fsp3) is 0.400. The molecule has 1 aromatic carbocycles. The second-order valence-corrected chi connectivity index (χ2v) is 4.23. The van der Waals surface area contributed by atoms with Gasteiger partial charge in [-0.05, 0) is 36.0 Å². The molecule has 1 saturated carbocycles. The third-order valence-electron chi connectivity index (χ3n) is 2.53. The van der Waals surface area contributed by atoms with Crippen LogP contribution in [-0.4, -0.2) is 11.7 Å². The van der Waals surface area contributed by atoms with Crippen LogP contribution in [0.2, 0.25) is 10.0 Å². The summed E-state index contributed by atoms with van der Waals surface area (Å²) in [6.45, 7) is 0.228. The zero-order valence-electron chi connectivity index (χ0n) is 7.00. The molecule has 1 N–H and O–H groups in total. The first-order valence-electron chi connectivity index (χ1n) is 4.28. The SMILES string of the molecule is OC[C@@H]1C[C@H]1c1c(Cl)cccc1Cl. The van der Waals surface area contributed by atoms with E-state index in [0.717, 1.165) is 12.0 Å². The van der Waals surface area contributed by atoms with E-state index in [1.165, 1.54) is 0 Å². The molecule has 0 aromatic heterocycles. The molecule has 0 saturated heterocycles. The summed E-state index contributed by atoms with van der Waals surface area (Å²) < 4.78 is 0. The molecule has 0 bridgehead atoms. The molecule has 13 heavy (non-hydrogen) atoms. The molecule has 3 heteroatoms. The Kier molecular flexibility index (Phi) is 2.50. The van der Waals surface area contributed by atoms with E-state index < -0.39 is 0 Å². The normalized spacial score (nSPS) is 26.1. The zero-order valence-corrected chi connectivity index (χ0v) is 8.52. The van der Waals surface area contributed by atoms with Crippen molar-refractivity contribution in [2.45, 2.75) is 12.3 Å². The Morgan fingerprint density at radius 3 is 2.38 bits per heavy atom. The Morgan fingerprint density at radius 1 is 1.31 bits per heavy atom. The monoisotopic (exact) mass is 216 g/mol. The predicted molar refractivity (Wildman–Crippen MR) is 54.4 cm³/mol. The van der Waals surface area contributed by atoms with Gasteiger partial charge in [0, 0.05) is 16.7 Å². The highest BCUT2D eigenvalue weighted by molar-refractivity contribution is 6.36. The van der Waals surface area contributed by atoms with Gasteiger partial charge in [0.1, 0.15) is 0 Å². The number of aliphatic hydroxyl groups excluding tert-OH is 1. The first-order valence-corrected chi connectivity index (χ1v) is 5.04. The smallest absolute Gasteiger partial charge is 0.0465 e. The topological polar surface area (TPSA) is 20.2 Å². The van der Waals surface area contributed by atoms with Crippen LogP contribution < -0.4 is 0 Å². The lowest BCUT2D eigenvalue weighted by Crippen LogP contribution is -1.90. The number of halogens is 2. The fourth-order valence-corrected chi connectivity index (χ4v) is 2.35. The largest absolute Gasteiger partial charge is 0.396 e. The third kappa shape index (κ3) is 1.69. The molecule has 0 amide bonds. The van der Waals surface area contributed by atoms with Crippen molar-refractivity contribution >= 4 is 23.2 Å². The average molecular weight is 217 g/mol. The first kappa shape index (κ1) is 9.32. The van der Waals surface area contributed by atoms with Gasteiger partial charge in [0.15, 0.2) is 0 Å². The van der Waals surface area contributed by atoms with E-state index in [-0.39, 0.29) is 6.61 Å². The minimum Gasteiger partial charge on any atom is -0.396 e. The van der Waals surface area contributed by atoms with Crippen molar-refractivity contribution in [2.24, 2.45) is 5.92 Å². The van der Waals surface area contributed by atoms with Gasteiger partial charge in [-0.25, -0.2) is 0 Å². The zero-order chi connectivity index (χ0) is 9.42. The van der Waals surface area contributed by atoms with Crippen LogP contribution >= 0.6 is 23.2 Å². The molecule has 1 aliphatic carbocycles. The maximum Gasteiger partial charge on any atom is 0.0465 e. The van der Waals surface area contributed by atoms with Crippen LogP contribution in [0.3, 0.4) is 0 Å². The molecule has 0 aliphatic heterocycles. The molecule has 0 spiro atoms. The Morgan fingerprint density at radius 2 is 1.92 bits per heavy atom. The second kappa shape index (κ2) is 3.49. The number of aliphatic hydroxyl groups is 1. The van der Waals surface area contributed by atoms with Crippen LogP contribution in [0.25, 0.3) is 0 Å². The lowest BCUT2D eigenvalue weighted by atomic mass is 10.1. The molecule has 1 fully saturated rings. The fourth-order valence-electron chi connectivity index (χ4n) is 1.67. The summed E-state index contributed by atoms with van der Waals surface area (Å²) in [5, 5.41) is 10.4. The van der Waals surface area contributed by atoms with Gasteiger partial charge in [0.05, 0.1) is 0 Å². The molecule has 2 atom stereocenters. The van der Waals surface area contributed by atoms with E-state index in [1.54, 1.807) is 0 Å². The quantitative estimate of drug-likeness (QED) is 0.806. The summed E-state index contributed by atoms with van der Waals surface area (Å²) in [6.07, 6.45) is 1.000. The van der Waals surface area contributed by atoms with E-state index >= 15 is 0 Å². The second-order valence-electron chi connectivity index (χ2n) is 3.42. The molecular formula is C10H10Cl2O. The van der Waals surface area contributed by atoms with Gasteiger partial charge >= 0.3 is 0 Å². The number of hydrogen-bond donors (Lipinski definition) is 1. The minimum absolute atomic E-state index is 0.228. The summed E-state index contributed by atoms with van der Waals surface area (Å²) in [7, 11) is 0. The molecule has 0 radical (unpaired) electrons. The lowest BCUT2D eigenvalue weighted by molar-refractivity contribution is 0.274. The Hall–Kier alpha value is -0.240. The van der Waals surface area contributed by atoms with E-state index in [2.05, 4.69) is 0 Å². The van der Waals surface area contributed by atoms with E-state index in [4.69, 9.17) is 28.3 Å². The average Bonchev–Trinajstić information content (AvgIpc) is 2.83. The van der Waals surface area contributed by atoms with Crippen molar-refractivity contribution < 1.29 is 5.11 Å². The summed E-state index contributed by atoms with van der Waals surface area (Å²) in [5.41, 5.74) is 1.00. The molecule has 2 rings (SSSR count). The highest BCUT2D eigenvalue weighted by atomic mass is 35.5. The molecule has 1 aromatic rings. The molecule has 1 nitrogen and oxygen atoms in total. The van der Waals surface area contributed by atoms with Gasteiger partial charge in [-0.3, -0.25) is 0 Å². The molecule has 0 unspecified atom stereocenters. The van der Waals surface area contributed by atoms with Crippen LogP contribution in [0, 0.1) is 5.92 Å². The number of rotatable bonds is 2. The van der Waals surface area contributed by atoms with Crippen LogP contribution in [0.15, 0.2) is 18.2 Å². The van der Waals surface area contributed by atoms with Crippen molar-refractivity contribution in [3.05, 3.63) is 33.8 Å². The molecule has 1 aliphatic rings. The van der Waals surface area contributed by atoms with Crippen LogP contribution in [-0.2, 0) is 0 Å².